The van der Waals surface area contributed by atoms with Crippen LogP contribution < -0.4 is 0 Å². The van der Waals surface area contributed by atoms with E-state index in [2.05, 4.69) is 0 Å². The molecular formula is C15H11Cl2FO. The van der Waals surface area contributed by atoms with Crippen LogP contribution >= 0.6 is 23.2 Å². The largest absolute Gasteiger partial charge is 0.294 e. The first-order valence-corrected chi connectivity index (χ1v) is 6.47. The van der Waals surface area contributed by atoms with E-state index in [1.165, 1.54) is 12.1 Å². The van der Waals surface area contributed by atoms with Crippen LogP contribution in [0.3, 0.4) is 0 Å². The van der Waals surface area contributed by atoms with E-state index in [-0.39, 0.29) is 17.2 Å². The Hall–Kier alpha value is -1.38. The number of ketones is 1. The highest BCUT2D eigenvalue weighted by atomic mass is 35.5. The van der Waals surface area contributed by atoms with Crippen LogP contribution in [-0.2, 0) is 6.42 Å². The number of hydrogen-bond donors (Lipinski definition) is 0. The molecular weight excluding hydrogens is 286 g/mol. The van der Waals surface area contributed by atoms with Crippen LogP contribution in [0.25, 0.3) is 0 Å². The number of rotatable bonds is 3. The molecule has 0 fully saturated rings. The molecule has 0 saturated heterocycles. The Morgan fingerprint density at radius 3 is 2.58 bits per heavy atom. The van der Waals surface area contributed by atoms with Crippen molar-refractivity contribution in [3.05, 3.63) is 69.0 Å². The highest BCUT2D eigenvalue weighted by molar-refractivity contribution is 6.32. The number of carbonyl (C=O) groups excluding carboxylic acids is 1. The van der Waals surface area contributed by atoms with Crippen molar-refractivity contribution < 1.29 is 9.18 Å². The molecule has 4 heteroatoms. The first kappa shape index (κ1) is 14.0. The maximum Gasteiger partial charge on any atom is 0.167 e. The fourth-order valence-electron chi connectivity index (χ4n) is 1.84. The lowest BCUT2D eigenvalue weighted by atomic mass is 9.99. The molecule has 2 aromatic carbocycles. The Kier molecular flexibility index (Phi) is 4.23. The van der Waals surface area contributed by atoms with Gasteiger partial charge in [0.25, 0.3) is 0 Å². The minimum Gasteiger partial charge on any atom is -0.294 e. The van der Waals surface area contributed by atoms with Gasteiger partial charge < -0.3 is 0 Å². The zero-order chi connectivity index (χ0) is 14.0. The standard InChI is InChI=1S/C15H11Cl2FO/c1-9-11(3-2-4-12(9)16)15(19)8-10-5-6-13(17)14(18)7-10/h2-7H,8H2,1H3. The van der Waals surface area contributed by atoms with Crippen LogP contribution in [0.15, 0.2) is 36.4 Å². The molecule has 0 radical (unpaired) electrons. The Morgan fingerprint density at radius 2 is 1.89 bits per heavy atom. The highest BCUT2D eigenvalue weighted by Crippen LogP contribution is 2.21. The topological polar surface area (TPSA) is 17.1 Å². The molecule has 0 aliphatic rings. The molecule has 0 saturated carbocycles. The summed E-state index contributed by atoms with van der Waals surface area (Å²) in [6.07, 6.45) is 0.120. The summed E-state index contributed by atoms with van der Waals surface area (Å²) in [5.74, 6) is -0.614. The van der Waals surface area contributed by atoms with Gasteiger partial charge in [0.15, 0.2) is 5.78 Å². The van der Waals surface area contributed by atoms with E-state index in [0.29, 0.717) is 16.1 Å². The van der Waals surface area contributed by atoms with Gasteiger partial charge in [0.2, 0.25) is 0 Å². The van der Waals surface area contributed by atoms with Gasteiger partial charge in [0.1, 0.15) is 5.82 Å². The number of benzene rings is 2. The Balaban J connectivity index is 2.26. The van der Waals surface area contributed by atoms with Gasteiger partial charge in [-0.15, -0.1) is 0 Å². The van der Waals surface area contributed by atoms with Crippen LogP contribution in [0.4, 0.5) is 4.39 Å². The highest BCUT2D eigenvalue weighted by Gasteiger charge is 2.12. The summed E-state index contributed by atoms with van der Waals surface area (Å²) in [6.45, 7) is 1.79. The lowest BCUT2D eigenvalue weighted by Gasteiger charge is -2.07. The Labute approximate surface area is 121 Å². The molecule has 2 aromatic rings. The predicted octanol–water partition coefficient (Wildman–Crippen LogP) is 4.87. The van der Waals surface area contributed by atoms with Gasteiger partial charge in [-0.25, -0.2) is 4.39 Å². The number of carbonyl (C=O) groups is 1. The van der Waals surface area contributed by atoms with Crippen LogP contribution in [0.1, 0.15) is 21.5 Å². The predicted molar refractivity (Wildman–Crippen MR) is 75.6 cm³/mol. The maximum atomic E-state index is 13.3. The summed E-state index contributed by atoms with van der Waals surface area (Å²) in [7, 11) is 0. The third kappa shape index (κ3) is 3.14. The van der Waals surface area contributed by atoms with E-state index in [4.69, 9.17) is 23.2 Å². The van der Waals surface area contributed by atoms with Crippen molar-refractivity contribution in [3.8, 4) is 0 Å². The molecule has 0 atom stereocenters. The first-order chi connectivity index (χ1) is 8.99. The van der Waals surface area contributed by atoms with Crippen molar-refractivity contribution in [2.24, 2.45) is 0 Å². The molecule has 0 bridgehead atoms. The quantitative estimate of drug-likeness (QED) is 0.739. The third-order valence-corrected chi connectivity index (χ3v) is 3.63. The van der Waals surface area contributed by atoms with Gasteiger partial charge in [-0.3, -0.25) is 4.79 Å². The Bertz CT molecular complexity index is 638. The molecule has 0 N–H and O–H groups in total. The number of Topliss-reactive ketones (excluding diaryl/α,β-unsaturated/α-hetero) is 1. The second kappa shape index (κ2) is 5.72. The van der Waals surface area contributed by atoms with E-state index in [1.54, 1.807) is 31.2 Å². The van der Waals surface area contributed by atoms with Gasteiger partial charge in [-0.2, -0.15) is 0 Å². The van der Waals surface area contributed by atoms with Crippen LogP contribution in [0, 0.1) is 12.7 Å². The minimum absolute atomic E-state index is 0.0511. The molecule has 0 heterocycles. The van der Waals surface area contributed by atoms with E-state index < -0.39 is 5.82 Å². The lowest BCUT2D eigenvalue weighted by Crippen LogP contribution is -2.06. The number of hydrogen-bond acceptors (Lipinski definition) is 1. The summed E-state index contributed by atoms with van der Waals surface area (Å²) < 4.78 is 13.3. The van der Waals surface area contributed by atoms with Crippen molar-refractivity contribution in [1.29, 1.82) is 0 Å². The van der Waals surface area contributed by atoms with Crippen molar-refractivity contribution in [1.82, 2.24) is 0 Å². The molecule has 0 spiro atoms. The number of halogens is 3. The molecule has 0 amide bonds. The van der Waals surface area contributed by atoms with Crippen LogP contribution in [-0.4, -0.2) is 5.78 Å². The SMILES string of the molecule is Cc1c(Cl)cccc1C(=O)Cc1ccc(Cl)c(F)c1. The molecule has 19 heavy (non-hydrogen) atoms. The molecule has 1 nitrogen and oxygen atoms in total. The fourth-order valence-corrected chi connectivity index (χ4v) is 2.13. The molecule has 0 aromatic heterocycles. The summed E-state index contributed by atoms with van der Waals surface area (Å²) in [5.41, 5.74) is 1.89. The molecule has 0 aliphatic heterocycles. The van der Waals surface area contributed by atoms with Gasteiger partial charge in [0, 0.05) is 17.0 Å². The fraction of sp³-hybridized carbons (Fsp3) is 0.133. The summed E-state index contributed by atoms with van der Waals surface area (Å²) in [5, 5.41) is 0.600. The normalized spacial score (nSPS) is 10.5. The molecule has 2 rings (SSSR count). The summed E-state index contributed by atoms with van der Waals surface area (Å²) in [4.78, 5) is 12.2. The minimum atomic E-state index is -0.519. The average Bonchev–Trinajstić information content (AvgIpc) is 2.37. The van der Waals surface area contributed by atoms with Crippen LogP contribution in [0.5, 0.6) is 0 Å². The molecule has 0 unspecified atom stereocenters. The van der Waals surface area contributed by atoms with E-state index >= 15 is 0 Å². The van der Waals surface area contributed by atoms with Crippen molar-refractivity contribution in [3.63, 3.8) is 0 Å². The summed E-state index contributed by atoms with van der Waals surface area (Å²) in [6, 6.07) is 9.55. The second-order valence-electron chi connectivity index (χ2n) is 4.26. The van der Waals surface area contributed by atoms with Gasteiger partial charge in [-0.05, 0) is 36.2 Å². The summed E-state index contributed by atoms with van der Waals surface area (Å²) >= 11 is 11.6. The molecule has 98 valence electrons. The third-order valence-electron chi connectivity index (χ3n) is 2.92. The average molecular weight is 297 g/mol. The zero-order valence-electron chi connectivity index (χ0n) is 10.2. The van der Waals surface area contributed by atoms with Gasteiger partial charge in [-0.1, -0.05) is 41.4 Å². The van der Waals surface area contributed by atoms with Crippen LogP contribution in [0.2, 0.25) is 10.0 Å². The lowest BCUT2D eigenvalue weighted by molar-refractivity contribution is 0.0992. The smallest absolute Gasteiger partial charge is 0.167 e. The second-order valence-corrected chi connectivity index (χ2v) is 5.08. The van der Waals surface area contributed by atoms with E-state index in [0.717, 1.165) is 5.56 Å². The monoisotopic (exact) mass is 296 g/mol. The van der Waals surface area contributed by atoms with Crippen molar-refractivity contribution in [2.75, 3.05) is 0 Å². The maximum absolute atomic E-state index is 13.3. The van der Waals surface area contributed by atoms with Gasteiger partial charge >= 0.3 is 0 Å². The van der Waals surface area contributed by atoms with Crippen molar-refractivity contribution in [2.45, 2.75) is 13.3 Å². The molecule has 0 aliphatic carbocycles. The first-order valence-electron chi connectivity index (χ1n) is 5.71. The van der Waals surface area contributed by atoms with E-state index in [1.807, 2.05) is 0 Å². The van der Waals surface area contributed by atoms with Crippen molar-refractivity contribution >= 4 is 29.0 Å². The zero-order valence-corrected chi connectivity index (χ0v) is 11.7. The van der Waals surface area contributed by atoms with Gasteiger partial charge in [0.05, 0.1) is 5.02 Å². The Morgan fingerprint density at radius 1 is 1.16 bits per heavy atom. The van der Waals surface area contributed by atoms with E-state index in [9.17, 15) is 9.18 Å².